The molecule has 2 heterocycles. The molecule has 1 aliphatic rings. The molecule has 5 N–H and O–H groups in total. The van der Waals surface area contributed by atoms with Crippen LogP contribution in [0.15, 0.2) is 42.7 Å². The molecule has 2 aromatic carbocycles. The molecular formula is C28H34F3N7O3. The maximum Gasteiger partial charge on any atom is 0.573 e. The van der Waals surface area contributed by atoms with Crippen LogP contribution in [0.3, 0.4) is 0 Å². The Morgan fingerprint density at radius 2 is 1.90 bits per heavy atom. The number of aromatic nitrogens is 2. The average Bonchev–Trinajstić information content (AvgIpc) is 3.52. The third kappa shape index (κ3) is 7.11. The summed E-state index contributed by atoms with van der Waals surface area (Å²) < 4.78 is 50.8. The highest BCUT2D eigenvalue weighted by Crippen LogP contribution is 2.37. The van der Waals surface area contributed by atoms with Crippen LogP contribution in [0.4, 0.5) is 24.5 Å². The van der Waals surface area contributed by atoms with Gasteiger partial charge >= 0.3 is 6.36 Å². The summed E-state index contributed by atoms with van der Waals surface area (Å²) in [5.41, 5.74) is 10.2. The first kappa shape index (κ1) is 29.7. The molecule has 220 valence electrons. The second kappa shape index (κ2) is 12.1. The number of ether oxygens (including phenoxy) is 2. The summed E-state index contributed by atoms with van der Waals surface area (Å²) in [7, 11) is 3.20. The lowest BCUT2D eigenvalue weighted by Crippen LogP contribution is -2.27. The average molecular weight is 574 g/mol. The van der Waals surface area contributed by atoms with Crippen molar-refractivity contribution in [3.05, 3.63) is 70.7 Å². The smallest absolute Gasteiger partial charge is 0.494 e. The Morgan fingerprint density at radius 1 is 1.20 bits per heavy atom. The van der Waals surface area contributed by atoms with E-state index in [2.05, 4.69) is 20.1 Å². The first-order valence-electron chi connectivity index (χ1n) is 13.0. The van der Waals surface area contributed by atoms with E-state index in [1.165, 1.54) is 24.4 Å². The standard InChI is InChI=1S/C28H34F3N7O3/c1-17-7-8-19(12-25(17)38(33)16-23(32)22-14-34-36(3)18(22)2)27(39)35-24-13-21(41-28(29,30)31)11-20(26(24)40-4)15-37-9-5-6-10-37/h7-8,11-14,16H,5-6,9-10,15,32-33H2,1-4H3,(H,35,39)/b23-16-. The van der Waals surface area contributed by atoms with Crippen molar-refractivity contribution in [3.63, 3.8) is 0 Å². The van der Waals surface area contributed by atoms with Crippen molar-refractivity contribution in [1.82, 2.24) is 14.7 Å². The zero-order valence-electron chi connectivity index (χ0n) is 23.4. The number of hydrogen-bond acceptors (Lipinski definition) is 8. The summed E-state index contributed by atoms with van der Waals surface area (Å²) in [4.78, 5) is 15.5. The Labute approximate surface area is 236 Å². The molecule has 0 aliphatic carbocycles. The molecule has 0 bridgehead atoms. The topological polar surface area (TPSA) is 124 Å². The number of nitrogens with zero attached hydrogens (tertiary/aromatic N) is 4. The monoisotopic (exact) mass is 573 g/mol. The van der Waals surface area contributed by atoms with Gasteiger partial charge in [-0.05, 0) is 63.5 Å². The van der Waals surface area contributed by atoms with Crippen molar-refractivity contribution in [3.8, 4) is 11.5 Å². The van der Waals surface area contributed by atoms with Crippen LogP contribution in [0.5, 0.6) is 11.5 Å². The number of alkyl halides is 3. The summed E-state index contributed by atoms with van der Waals surface area (Å²) in [6.07, 6.45) is 0.261. The highest BCUT2D eigenvalue weighted by molar-refractivity contribution is 6.06. The number of anilines is 2. The number of rotatable bonds is 9. The maximum atomic E-state index is 13.4. The van der Waals surface area contributed by atoms with E-state index in [1.54, 1.807) is 36.1 Å². The van der Waals surface area contributed by atoms with Gasteiger partial charge in [-0.3, -0.25) is 19.4 Å². The molecule has 1 amide bonds. The second-order valence-electron chi connectivity index (χ2n) is 9.91. The predicted molar refractivity (Wildman–Crippen MR) is 150 cm³/mol. The van der Waals surface area contributed by atoms with Crippen molar-refractivity contribution in [1.29, 1.82) is 0 Å². The highest BCUT2D eigenvalue weighted by Gasteiger charge is 2.32. The number of carbonyl (C=O) groups excluding carboxylic acids is 1. The van der Waals surface area contributed by atoms with Crippen molar-refractivity contribution in [2.45, 2.75) is 39.6 Å². The minimum atomic E-state index is -4.90. The predicted octanol–water partition coefficient (Wildman–Crippen LogP) is 4.43. The van der Waals surface area contributed by atoms with Gasteiger partial charge in [0.05, 0.1) is 30.4 Å². The number of nitrogens with two attached hydrogens (primary N) is 2. The third-order valence-corrected chi connectivity index (χ3v) is 6.99. The Kier molecular flexibility index (Phi) is 8.78. The highest BCUT2D eigenvalue weighted by atomic mass is 19.4. The third-order valence-electron chi connectivity index (χ3n) is 6.99. The largest absolute Gasteiger partial charge is 0.573 e. The minimum Gasteiger partial charge on any atom is -0.494 e. The number of hydrogen-bond donors (Lipinski definition) is 3. The van der Waals surface area contributed by atoms with E-state index in [-0.39, 0.29) is 17.0 Å². The Balaban J connectivity index is 1.63. The lowest BCUT2D eigenvalue weighted by atomic mass is 10.1. The van der Waals surface area contributed by atoms with E-state index in [4.69, 9.17) is 16.3 Å². The molecule has 3 aromatic rings. The van der Waals surface area contributed by atoms with Gasteiger partial charge in [0.1, 0.15) is 11.5 Å². The second-order valence-corrected chi connectivity index (χ2v) is 9.91. The van der Waals surface area contributed by atoms with Gasteiger partial charge in [-0.1, -0.05) is 6.07 Å². The lowest BCUT2D eigenvalue weighted by molar-refractivity contribution is -0.274. The zero-order valence-corrected chi connectivity index (χ0v) is 23.4. The number of carbonyl (C=O) groups is 1. The van der Waals surface area contributed by atoms with E-state index in [9.17, 15) is 18.0 Å². The van der Waals surface area contributed by atoms with E-state index in [1.807, 2.05) is 13.8 Å². The van der Waals surface area contributed by atoms with Gasteiger partial charge in [0.25, 0.3) is 5.91 Å². The molecule has 1 fully saturated rings. The zero-order chi connectivity index (χ0) is 29.9. The SMILES string of the molecule is COc1c(CN2CCCC2)cc(OC(F)(F)F)cc1NC(=O)c1ccc(C)c(N(N)/C=C(\N)c2cnn(C)c2C)c1. The van der Waals surface area contributed by atoms with Gasteiger partial charge < -0.3 is 20.5 Å². The van der Waals surface area contributed by atoms with Crippen LogP contribution in [-0.4, -0.2) is 47.1 Å². The number of nitrogens with one attached hydrogen (secondary N) is 1. The molecule has 0 unspecified atom stereocenters. The quantitative estimate of drug-likeness (QED) is 0.254. The van der Waals surface area contributed by atoms with Gasteiger partial charge in [-0.15, -0.1) is 13.2 Å². The summed E-state index contributed by atoms with van der Waals surface area (Å²) in [6.45, 7) is 5.68. The van der Waals surface area contributed by atoms with Crippen molar-refractivity contribution in [2.75, 3.05) is 30.5 Å². The molecule has 13 heteroatoms. The minimum absolute atomic E-state index is 0.0522. The first-order valence-corrected chi connectivity index (χ1v) is 13.0. The van der Waals surface area contributed by atoms with Gasteiger partial charge in [0.2, 0.25) is 0 Å². The number of aryl methyl sites for hydroxylation is 2. The van der Waals surface area contributed by atoms with Crippen molar-refractivity contribution in [2.24, 2.45) is 18.6 Å². The van der Waals surface area contributed by atoms with Gasteiger partial charge in [-0.2, -0.15) is 5.10 Å². The van der Waals surface area contributed by atoms with E-state index >= 15 is 0 Å². The van der Waals surface area contributed by atoms with Crippen LogP contribution in [0.1, 0.15) is 45.6 Å². The number of methoxy groups -OCH3 is 1. The molecule has 0 saturated carbocycles. The van der Waals surface area contributed by atoms with Crippen molar-refractivity contribution >= 4 is 23.0 Å². The molecule has 0 spiro atoms. The number of amides is 1. The maximum absolute atomic E-state index is 13.4. The molecule has 1 aromatic heterocycles. The van der Waals surface area contributed by atoms with Crippen LogP contribution in [-0.2, 0) is 13.6 Å². The van der Waals surface area contributed by atoms with E-state index in [0.29, 0.717) is 29.1 Å². The van der Waals surface area contributed by atoms with Crippen LogP contribution in [0, 0.1) is 13.8 Å². The molecule has 41 heavy (non-hydrogen) atoms. The van der Waals surface area contributed by atoms with Gasteiger partial charge in [0, 0.05) is 48.2 Å². The van der Waals surface area contributed by atoms with Crippen molar-refractivity contribution < 1.29 is 27.4 Å². The van der Waals surface area contributed by atoms with E-state index < -0.39 is 18.0 Å². The summed E-state index contributed by atoms with van der Waals surface area (Å²) in [5.74, 6) is 5.54. The van der Waals surface area contributed by atoms with Crippen LogP contribution in [0.25, 0.3) is 5.70 Å². The lowest BCUT2D eigenvalue weighted by Gasteiger charge is -2.21. The Hall–Kier alpha value is -4.23. The number of hydrazine groups is 1. The summed E-state index contributed by atoms with van der Waals surface area (Å²) in [5, 5.41) is 8.18. The summed E-state index contributed by atoms with van der Waals surface area (Å²) in [6, 6.07) is 7.26. The number of benzene rings is 2. The molecule has 1 saturated heterocycles. The number of likely N-dealkylation sites (tertiary alicyclic amines) is 1. The molecule has 1 aliphatic heterocycles. The van der Waals surface area contributed by atoms with E-state index in [0.717, 1.165) is 43.3 Å². The molecule has 4 rings (SSSR count). The Bertz CT molecular complexity index is 1450. The van der Waals surface area contributed by atoms with Gasteiger partial charge in [-0.25, -0.2) is 5.84 Å². The molecular weight excluding hydrogens is 539 g/mol. The van der Waals surface area contributed by atoms with Crippen LogP contribution < -0.4 is 31.4 Å². The summed E-state index contributed by atoms with van der Waals surface area (Å²) >= 11 is 0. The molecule has 0 radical (unpaired) electrons. The molecule has 10 nitrogen and oxygen atoms in total. The van der Waals surface area contributed by atoms with Crippen LogP contribution >= 0.6 is 0 Å². The fourth-order valence-corrected chi connectivity index (χ4v) is 4.78. The first-order chi connectivity index (χ1) is 19.4. The normalized spacial score (nSPS) is 14.3. The number of halogens is 3. The molecule has 0 atom stereocenters. The van der Waals surface area contributed by atoms with Crippen LogP contribution in [0.2, 0.25) is 0 Å². The fraction of sp³-hybridized carbons (Fsp3) is 0.357. The fourth-order valence-electron chi connectivity index (χ4n) is 4.78. The Morgan fingerprint density at radius 3 is 2.51 bits per heavy atom. The van der Waals surface area contributed by atoms with Gasteiger partial charge in [0.15, 0.2) is 0 Å².